The van der Waals surface area contributed by atoms with Gasteiger partial charge in [0.1, 0.15) is 0 Å². The maximum Gasteiger partial charge on any atom is 0.330 e. The first-order valence-electron chi connectivity index (χ1n) is 9.43. The van der Waals surface area contributed by atoms with Gasteiger partial charge in [0.15, 0.2) is 5.65 Å². The van der Waals surface area contributed by atoms with Gasteiger partial charge >= 0.3 is 5.69 Å². The van der Waals surface area contributed by atoms with Crippen LogP contribution in [-0.2, 0) is 13.6 Å². The molecule has 4 aromatic rings. The van der Waals surface area contributed by atoms with E-state index in [0.29, 0.717) is 12.2 Å². The SMILES string of the molecule is Cc1c(-c2ccc3c(n2)n(C)c(=O)n3CC(C)(C)C)cnn1-c1ccccc1. The lowest BCUT2D eigenvalue weighted by Gasteiger charge is -2.18. The normalized spacial score (nSPS) is 12.0. The van der Waals surface area contributed by atoms with Crippen molar-refractivity contribution < 1.29 is 0 Å². The van der Waals surface area contributed by atoms with Gasteiger partial charge in [-0.3, -0.25) is 9.13 Å². The molecule has 0 radical (unpaired) electrons. The van der Waals surface area contributed by atoms with Gasteiger partial charge in [0.25, 0.3) is 0 Å². The molecule has 0 saturated carbocycles. The molecule has 6 nitrogen and oxygen atoms in total. The second-order valence-corrected chi connectivity index (χ2v) is 8.42. The van der Waals surface area contributed by atoms with Crippen LogP contribution in [-0.4, -0.2) is 23.9 Å². The number of pyridine rings is 1. The van der Waals surface area contributed by atoms with Gasteiger partial charge in [-0.1, -0.05) is 39.0 Å². The monoisotopic (exact) mass is 375 g/mol. The van der Waals surface area contributed by atoms with E-state index in [9.17, 15) is 4.79 Å². The van der Waals surface area contributed by atoms with Crippen molar-refractivity contribution in [1.82, 2.24) is 23.9 Å². The minimum atomic E-state index is -0.0359. The molecule has 4 rings (SSSR count). The number of aromatic nitrogens is 5. The van der Waals surface area contributed by atoms with Gasteiger partial charge in [-0.15, -0.1) is 0 Å². The van der Waals surface area contributed by atoms with Gasteiger partial charge in [-0.05, 0) is 36.6 Å². The van der Waals surface area contributed by atoms with Crippen LogP contribution in [0.15, 0.2) is 53.5 Å². The molecule has 1 aromatic carbocycles. The Morgan fingerprint density at radius 3 is 2.43 bits per heavy atom. The Morgan fingerprint density at radius 2 is 1.75 bits per heavy atom. The van der Waals surface area contributed by atoms with Crippen LogP contribution in [0.1, 0.15) is 26.5 Å². The molecule has 0 fully saturated rings. The van der Waals surface area contributed by atoms with Crippen molar-refractivity contribution in [2.24, 2.45) is 12.5 Å². The fourth-order valence-electron chi connectivity index (χ4n) is 3.54. The van der Waals surface area contributed by atoms with Gasteiger partial charge in [-0.25, -0.2) is 14.5 Å². The van der Waals surface area contributed by atoms with E-state index < -0.39 is 0 Å². The number of nitrogens with zero attached hydrogens (tertiary/aromatic N) is 5. The lowest BCUT2D eigenvalue weighted by atomic mass is 9.97. The molecular weight excluding hydrogens is 350 g/mol. The van der Waals surface area contributed by atoms with Gasteiger partial charge in [0.05, 0.1) is 28.8 Å². The Bertz CT molecular complexity index is 1210. The summed E-state index contributed by atoms with van der Waals surface area (Å²) < 4.78 is 5.35. The molecular formula is C22H25N5O. The summed E-state index contributed by atoms with van der Waals surface area (Å²) in [5.74, 6) is 0. The molecule has 3 heterocycles. The van der Waals surface area contributed by atoms with Crippen LogP contribution < -0.4 is 5.69 Å². The largest absolute Gasteiger partial charge is 0.330 e. The van der Waals surface area contributed by atoms with Crippen molar-refractivity contribution in [2.75, 3.05) is 0 Å². The van der Waals surface area contributed by atoms with Crippen molar-refractivity contribution in [3.05, 3.63) is 64.8 Å². The van der Waals surface area contributed by atoms with E-state index in [0.717, 1.165) is 28.2 Å². The van der Waals surface area contributed by atoms with E-state index in [1.165, 1.54) is 0 Å². The maximum absolute atomic E-state index is 12.7. The molecule has 0 saturated heterocycles. The number of aryl methyl sites for hydroxylation is 1. The van der Waals surface area contributed by atoms with Crippen LogP contribution in [0.3, 0.4) is 0 Å². The number of fused-ring (bicyclic) bond motifs is 1. The lowest BCUT2D eigenvalue weighted by Crippen LogP contribution is -2.27. The van der Waals surface area contributed by atoms with Gasteiger partial charge in [0, 0.05) is 19.2 Å². The van der Waals surface area contributed by atoms with Crippen molar-refractivity contribution in [3.63, 3.8) is 0 Å². The zero-order valence-electron chi connectivity index (χ0n) is 17.0. The Labute approximate surface area is 164 Å². The number of hydrogen-bond donors (Lipinski definition) is 0. The van der Waals surface area contributed by atoms with E-state index in [1.54, 1.807) is 11.6 Å². The molecule has 0 spiro atoms. The first-order valence-corrected chi connectivity index (χ1v) is 9.43. The molecule has 0 aliphatic heterocycles. The molecule has 144 valence electrons. The Morgan fingerprint density at radius 1 is 1.04 bits per heavy atom. The molecule has 0 unspecified atom stereocenters. The van der Waals surface area contributed by atoms with E-state index in [2.05, 4.69) is 25.9 Å². The number of para-hydroxylation sites is 1. The highest BCUT2D eigenvalue weighted by atomic mass is 16.1. The number of benzene rings is 1. The minimum Gasteiger partial charge on any atom is -0.290 e. The molecule has 0 aliphatic carbocycles. The fourth-order valence-corrected chi connectivity index (χ4v) is 3.54. The maximum atomic E-state index is 12.7. The van der Waals surface area contributed by atoms with E-state index >= 15 is 0 Å². The van der Waals surface area contributed by atoms with E-state index in [4.69, 9.17) is 4.98 Å². The molecule has 3 aromatic heterocycles. The van der Waals surface area contributed by atoms with Crippen LogP contribution in [0.25, 0.3) is 28.1 Å². The second kappa shape index (κ2) is 6.48. The first kappa shape index (κ1) is 18.2. The van der Waals surface area contributed by atoms with Crippen molar-refractivity contribution in [1.29, 1.82) is 0 Å². The highest BCUT2D eigenvalue weighted by Crippen LogP contribution is 2.26. The summed E-state index contributed by atoms with van der Waals surface area (Å²) in [4.78, 5) is 17.6. The van der Waals surface area contributed by atoms with Crippen LogP contribution in [0.5, 0.6) is 0 Å². The molecule has 0 aliphatic rings. The molecule has 0 N–H and O–H groups in total. The summed E-state index contributed by atoms with van der Waals surface area (Å²) in [6, 6.07) is 14.0. The average Bonchev–Trinajstić information content (AvgIpc) is 3.15. The zero-order valence-corrected chi connectivity index (χ0v) is 17.0. The summed E-state index contributed by atoms with van der Waals surface area (Å²) in [7, 11) is 1.78. The summed E-state index contributed by atoms with van der Waals surface area (Å²) in [5.41, 5.74) is 5.32. The van der Waals surface area contributed by atoms with E-state index in [-0.39, 0.29) is 11.1 Å². The molecule has 6 heteroatoms. The summed E-state index contributed by atoms with van der Waals surface area (Å²) >= 11 is 0. The summed E-state index contributed by atoms with van der Waals surface area (Å²) in [5, 5.41) is 4.54. The molecule has 0 amide bonds. The predicted octanol–water partition coefficient (Wildman–Crippen LogP) is 3.94. The van der Waals surface area contributed by atoms with Gasteiger partial charge < -0.3 is 0 Å². The quantitative estimate of drug-likeness (QED) is 0.545. The Balaban J connectivity index is 1.83. The Kier molecular flexibility index (Phi) is 4.22. The molecule has 0 bridgehead atoms. The number of imidazole rings is 1. The highest BCUT2D eigenvalue weighted by molar-refractivity contribution is 5.76. The van der Waals surface area contributed by atoms with Crippen LogP contribution in [0, 0.1) is 12.3 Å². The fraction of sp³-hybridized carbons (Fsp3) is 0.318. The van der Waals surface area contributed by atoms with Crippen LogP contribution >= 0.6 is 0 Å². The van der Waals surface area contributed by atoms with Crippen molar-refractivity contribution >= 4 is 11.2 Å². The van der Waals surface area contributed by atoms with Gasteiger partial charge in [-0.2, -0.15) is 5.10 Å². The van der Waals surface area contributed by atoms with Crippen LogP contribution in [0.4, 0.5) is 0 Å². The Hall–Kier alpha value is -3.15. The summed E-state index contributed by atoms with van der Waals surface area (Å²) in [6.07, 6.45) is 1.83. The standard InChI is InChI=1S/C22H25N5O/c1-15-17(13-23-27(15)16-9-7-6-8-10-16)18-11-12-19-20(24-18)25(5)21(28)26(19)14-22(2,3)4/h6-13H,14H2,1-5H3. The van der Waals surface area contributed by atoms with Gasteiger partial charge in [0.2, 0.25) is 0 Å². The number of rotatable bonds is 3. The van der Waals surface area contributed by atoms with E-state index in [1.807, 2.05) is 64.8 Å². The third-order valence-electron chi connectivity index (χ3n) is 4.90. The van der Waals surface area contributed by atoms with Crippen molar-refractivity contribution in [3.8, 4) is 16.9 Å². The molecule has 28 heavy (non-hydrogen) atoms. The first-order chi connectivity index (χ1) is 13.3. The third kappa shape index (κ3) is 3.05. The highest BCUT2D eigenvalue weighted by Gasteiger charge is 2.19. The smallest absolute Gasteiger partial charge is 0.290 e. The topological polar surface area (TPSA) is 57.6 Å². The van der Waals surface area contributed by atoms with Crippen LogP contribution in [0.2, 0.25) is 0 Å². The average molecular weight is 375 g/mol. The molecule has 0 atom stereocenters. The van der Waals surface area contributed by atoms with Crippen molar-refractivity contribution in [2.45, 2.75) is 34.2 Å². The third-order valence-corrected chi connectivity index (χ3v) is 4.90. The lowest BCUT2D eigenvalue weighted by molar-refractivity contribution is 0.342. The predicted molar refractivity (Wildman–Crippen MR) is 112 cm³/mol. The second-order valence-electron chi connectivity index (χ2n) is 8.42. The number of hydrogen-bond acceptors (Lipinski definition) is 3. The zero-order chi connectivity index (χ0) is 20.1. The minimum absolute atomic E-state index is 0.00416. The summed E-state index contributed by atoms with van der Waals surface area (Å²) in [6.45, 7) is 9.06.